The van der Waals surface area contributed by atoms with E-state index in [2.05, 4.69) is 0 Å². The van der Waals surface area contributed by atoms with Gasteiger partial charge in [0.25, 0.3) is 0 Å². The second-order valence-corrected chi connectivity index (χ2v) is 4.06. The summed E-state index contributed by atoms with van der Waals surface area (Å²) in [6, 6.07) is 15.5. The Labute approximate surface area is 132 Å². The van der Waals surface area contributed by atoms with Crippen molar-refractivity contribution < 1.29 is 31.0 Å². The molecule has 0 amide bonds. The molecule has 2 aromatic carbocycles. The smallest absolute Gasteiger partial charge is 0.872 e. The van der Waals surface area contributed by atoms with E-state index in [1.165, 1.54) is 42.5 Å². The van der Waals surface area contributed by atoms with Gasteiger partial charge in [-0.25, -0.2) is 20.9 Å². The number of allylic oxidation sites excluding steroid dienone is 5. The Morgan fingerprint density at radius 3 is 2.14 bits per heavy atom. The molecule has 4 heteroatoms. The number of hydrogen-bond donors (Lipinski definition) is 0. The fraction of sp³-hybridized carbons (Fsp3) is 0. The van der Waals surface area contributed by atoms with Crippen LogP contribution in [0.4, 0.5) is 8.78 Å². The molecule has 0 unspecified atom stereocenters. The van der Waals surface area contributed by atoms with Gasteiger partial charge in [-0.3, -0.25) is 0 Å². The SMILES string of the molecule is [Fe+2].[O-]C(=C1C=CC=C1F)c1ccccc1F.c1cc[cH-]c1. The van der Waals surface area contributed by atoms with Crippen molar-refractivity contribution in [3.8, 4) is 0 Å². The average Bonchev–Trinajstić information content (AvgIpc) is 3.12. The summed E-state index contributed by atoms with van der Waals surface area (Å²) < 4.78 is 26.3. The zero-order valence-electron chi connectivity index (χ0n) is 10.9. The van der Waals surface area contributed by atoms with E-state index in [1.807, 2.05) is 30.3 Å². The number of rotatable bonds is 1. The summed E-state index contributed by atoms with van der Waals surface area (Å²) in [5, 5.41) is 11.7. The topological polar surface area (TPSA) is 23.1 Å². The predicted octanol–water partition coefficient (Wildman–Crippen LogP) is 3.72. The summed E-state index contributed by atoms with van der Waals surface area (Å²) >= 11 is 0. The molecule has 1 aliphatic rings. The Morgan fingerprint density at radius 1 is 1.00 bits per heavy atom. The van der Waals surface area contributed by atoms with E-state index in [-0.39, 0.29) is 28.2 Å². The average molecular weight is 326 g/mol. The number of hydrogen-bond acceptors (Lipinski definition) is 1. The third kappa shape index (κ3) is 4.48. The van der Waals surface area contributed by atoms with Crippen molar-refractivity contribution in [3.05, 3.63) is 95.6 Å². The molecule has 0 fully saturated rings. The van der Waals surface area contributed by atoms with E-state index in [0.29, 0.717) is 0 Å². The summed E-state index contributed by atoms with van der Waals surface area (Å²) in [6.07, 6.45) is 3.93. The molecule has 0 aliphatic heterocycles. The Kier molecular flexibility index (Phi) is 6.73. The summed E-state index contributed by atoms with van der Waals surface area (Å²) in [7, 11) is 0. The van der Waals surface area contributed by atoms with Crippen LogP contribution in [0.1, 0.15) is 5.56 Å². The van der Waals surface area contributed by atoms with E-state index in [0.717, 1.165) is 0 Å². The largest absolute Gasteiger partial charge is 2.00 e. The first kappa shape index (κ1) is 17.0. The van der Waals surface area contributed by atoms with E-state index in [4.69, 9.17) is 0 Å². The van der Waals surface area contributed by atoms with Crippen LogP contribution in [-0.4, -0.2) is 0 Å². The Balaban J connectivity index is 0.000000313. The maximum absolute atomic E-state index is 13.2. The van der Waals surface area contributed by atoms with Crippen LogP contribution in [0.3, 0.4) is 0 Å². The summed E-state index contributed by atoms with van der Waals surface area (Å²) in [5.41, 5.74) is -0.206. The predicted molar refractivity (Wildman–Crippen MR) is 73.7 cm³/mol. The van der Waals surface area contributed by atoms with Gasteiger partial charge in [0.2, 0.25) is 0 Å². The van der Waals surface area contributed by atoms with E-state index in [1.54, 1.807) is 0 Å². The molecule has 0 N–H and O–H groups in total. The van der Waals surface area contributed by atoms with E-state index >= 15 is 0 Å². The molecule has 108 valence electrons. The van der Waals surface area contributed by atoms with Crippen LogP contribution in [0.5, 0.6) is 0 Å². The third-order valence-electron chi connectivity index (χ3n) is 2.68. The fourth-order valence-electron chi connectivity index (χ4n) is 1.69. The molecule has 2 aromatic rings. The molecule has 0 spiro atoms. The molecular weight excluding hydrogens is 314 g/mol. The monoisotopic (exact) mass is 326 g/mol. The minimum Gasteiger partial charge on any atom is -0.872 e. The second-order valence-electron chi connectivity index (χ2n) is 4.06. The molecule has 0 heterocycles. The minimum absolute atomic E-state index is 0. The minimum atomic E-state index is -0.636. The third-order valence-corrected chi connectivity index (χ3v) is 2.68. The molecule has 0 atom stereocenters. The van der Waals surface area contributed by atoms with Gasteiger partial charge in [-0.2, -0.15) is 18.2 Å². The molecule has 0 bridgehead atoms. The van der Waals surface area contributed by atoms with Crippen LogP contribution in [-0.2, 0) is 17.1 Å². The van der Waals surface area contributed by atoms with Crippen LogP contribution in [0.25, 0.3) is 5.76 Å². The number of benzene rings is 1. The Bertz CT molecular complexity index is 638. The van der Waals surface area contributed by atoms with E-state index < -0.39 is 17.4 Å². The van der Waals surface area contributed by atoms with Crippen LogP contribution in [0, 0.1) is 5.82 Å². The van der Waals surface area contributed by atoms with Crippen LogP contribution in [0.2, 0.25) is 0 Å². The molecule has 0 saturated carbocycles. The van der Waals surface area contributed by atoms with Gasteiger partial charge in [0.1, 0.15) is 11.6 Å². The fourth-order valence-corrected chi connectivity index (χ4v) is 1.69. The Hall–Kier alpha value is -2.03. The summed E-state index contributed by atoms with van der Waals surface area (Å²) in [5.74, 6) is -1.89. The van der Waals surface area contributed by atoms with Crippen LogP contribution < -0.4 is 5.11 Å². The molecule has 21 heavy (non-hydrogen) atoms. The van der Waals surface area contributed by atoms with Gasteiger partial charge in [-0.15, -0.1) is 0 Å². The zero-order valence-corrected chi connectivity index (χ0v) is 12.1. The standard InChI is InChI=1S/C12H8F2O.C5H5.Fe/c13-10-6-2-1-4-8(10)12(15)9-5-3-7-11(9)14;1-2-4-5-3-1;/h1-7,15H;1-5H;/q;-1;+2/p-1. The van der Waals surface area contributed by atoms with Gasteiger partial charge in [-0.05, 0) is 12.1 Å². The maximum Gasteiger partial charge on any atom is 2.00 e. The first-order valence-electron chi connectivity index (χ1n) is 6.07. The van der Waals surface area contributed by atoms with Crippen molar-refractivity contribution in [1.82, 2.24) is 0 Å². The summed E-state index contributed by atoms with van der Waals surface area (Å²) in [6.45, 7) is 0. The van der Waals surface area contributed by atoms with Crippen molar-refractivity contribution in [2.24, 2.45) is 0 Å². The zero-order chi connectivity index (χ0) is 14.4. The van der Waals surface area contributed by atoms with Gasteiger partial charge in [0.15, 0.2) is 0 Å². The van der Waals surface area contributed by atoms with Gasteiger partial charge in [-0.1, -0.05) is 36.1 Å². The second kappa shape index (κ2) is 8.30. The molecular formula is C17H12F2FeO. The molecule has 1 nitrogen and oxygen atoms in total. The van der Waals surface area contributed by atoms with Crippen molar-refractivity contribution in [2.75, 3.05) is 0 Å². The van der Waals surface area contributed by atoms with Crippen LogP contribution >= 0.6 is 0 Å². The van der Waals surface area contributed by atoms with Gasteiger partial charge >= 0.3 is 17.1 Å². The molecule has 0 aromatic heterocycles. The van der Waals surface area contributed by atoms with Crippen molar-refractivity contribution in [2.45, 2.75) is 0 Å². The van der Waals surface area contributed by atoms with Gasteiger partial charge in [0, 0.05) is 11.1 Å². The first-order chi connectivity index (χ1) is 9.70. The quantitative estimate of drug-likeness (QED) is 0.445. The maximum atomic E-state index is 13.2. The summed E-state index contributed by atoms with van der Waals surface area (Å²) in [4.78, 5) is 0. The number of halogens is 2. The van der Waals surface area contributed by atoms with Crippen molar-refractivity contribution in [1.29, 1.82) is 0 Å². The normalized spacial score (nSPS) is 14.7. The van der Waals surface area contributed by atoms with Gasteiger partial charge in [0.05, 0.1) is 0 Å². The van der Waals surface area contributed by atoms with E-state index in [9.17, 15) is 13.9 Å². The van der Waals surface area contributed by atoms with Crippen molar-refractivity contribution >= 4 is 5.76 Å². The molecule has 0 saturated heterocycles. The first-order valence-corrected chi connectivity index (χ1v) is 6.07. The molecule has 1 aliphatic carbocycles. The Morgan fingerprint density at radius 2 is 1.67 bits per heavy atom. The molecule has 3 rings (SSSR count). The van der Waals surface area contributed by atoms with Gasteiger partial charge < -0.3 is 5.11 Å². The molecule has 0 radical (unpaired) electrons. The van der Waals surface area contributed by atoms with Crippen LogP contribution in [0.15, 0.2) is 84.2 Å². The van der Waals surface area contributed by atoms with Crippen molar-refractivity contribution in [3.63, 3.8) is 0 Å².